The Morgan fingerprint density at radius 2 is 1.80 bits per heavy atom. The summed E-state index contributed by atoms with van der Waals surface area (Å²) in [5.41, 5.74) is 5.05. The van der Waals surface area contributed by atoms with Crippen LogP contribution in [0.5, 0.6) is 0 Å². The van der Waals surface area contributed by atoms with Gasteiger partial charge in [-0.1, -0.05) is 26.7 Å². The average Bonchev–Trinajstić information content (AvgIpc) is 2.09. The fraction of sp³-hybridized carbons (Fsp3) is 0.889. The van der Waals surface area contributed by atoms with E-state index in [0.717, 1.165) is 0 Å². The third kappa shape index (κ3) is 5.61. The van der Waals surface area contributed by atoms with Crippen molar-refractivity contribution in [3.05, 3.63) is 0 Å². The smallest absolute Gasteiger partial charge is 0.368 e. The lowest BCUT2D eigenvalue weighted by molar-refractivity contribution is -0.132. The lowest BCUT2D eigenvalue weighted by atomic mass is 9.93. The molecule has 0 aliphatic heterocycles. The number of rotatable bonds is 6. The van der Waals surface area contributed by atoms with Crippen LogP contribution < -0.4 is 11.1 Å². The summed E-state index contributed by atoms with van der Waals surface area (Å²) in [6, 6.07) is -0.901. The lowest BCUT2D eigenvalue weighted by Crippen LogP contribution is -2.49. The topological polar surface area (TPSA) is 55.1 Å². The van der Waals surface area contributed by atoms with Crippen molar-refractivity contribution in [2.45, 2.75) is 38.9 Å². The molecule has 1 unspecified atom stereocenters. The maximum Gasteiger partial charge on any atom is 0.401 e. The molecule has 0 fully saturated rings. The maximum atomic E-state index is 11.9. The Morgan fingerprint density at radius 1 is 1.33 bits per heavy atom. The van der Waals surface area contributed by atoms with Crippen molar-refractivity contribution < 1.29 is 18.0 Å². The molecule has 0 heterocycles. The third-order valence-electron chi connectivity index (χ3n) is 2.35. The van der Waals surface area contributed by atoms with Gasteiger partial charge in [-0.25, -0.2) is 0 Å². The van der Waals surface area contributed by atoms with Gasteiger partial charge >= 0.3 is 6.18 Å². The summed E-state index contributed by atoms with van der Waals surface area (Å²) in [4.78, 5) is 11.0. The predicted molar refractivity (Wildman–Crippen MR) is 51.1 cm³/mol. The number of hydrogen-bond acceptors (Lipinski definition) is 2. The van der Waals surface area contributed by atoms with Crippen LogP contribution >= 0.6 is 0 Å². The molecule has 0 saturated carbocycles. The van der Waals surface area contributed by atoms with Crippen LogP contribution in [0.1, 0.15) is 26.7 Å². The normalized spacial score (nSPS) is 14.3. The molecule has 15 heavy (non-hydrogen) atoms. The molecule has 0 aliphatic rings. The Kier molecular flexibility index (Phi) is 5.64. The lowest BCUT2D eigenvalue weighted by Gasteiger charge is -2.24. The van der Waals surface area contributed by atoms with E-state index >= 15 is 0 Å². The van der Waals surface area contributed by atoms with Crippen molar-refractivity contribution >= 4 is 5.91 Å². The van der Waals surface area contributed by atoms with Crippen LogP contribution in [0.25, 0.3) is 0 Å². The third-order valence-corrected chi connectivity index (χ3v) is 2.35. The van der Waals surface area contributed by atoms with Crippen LogP contribution in [0.4, 0.5) is 13.2 Å². The number of halogens is 3. The Hall–Kier alpha value is -0.780. The number of alkyl halides is 3. The molecule has 0 aromatic carbocycles. The fourth-order valence-electron chi connectivity index (χ4n) is 1.49. The number of amides is 1. The van der Waals surface area contributed by atoms with Crippen LogP contribution in [-0.4, -0.2) is 24.7 Å². The summed E-state index contributed by atoms with van der Waals surface area (Å²) < 4.78 is 35.8. The number of nitrogens with two attached hydrogens (primary N) is 1. The van der Waals surface area contributed by atoms with E-state index < -0.39 is 24.7 Å². The first-order valence-corrected chi connectivity index (χ1v) is 4.91. The Bertz CT molecular complexity index is 202. The van der Waals surface area contributed by atoms with Crippen LogP contribution in [0.2, 0.25) is 0 Å². The number of carbonyl (C=O) groups excluding carboxylic acids is 1. The van der Waals surface area contributed by atoms with Crippen LogP contribution in [0, 0.1) is 5.92 Å². The number of primary amides is 1. The molecule has 0 aliphatic carbocycles. The Balaban J connectivity index is 4.34. The molecular formula is C9H17F3N2O. The first kappa shape index (κ1) is 14.2. The van der Waals surface area contributed by atoms with Gasteiger partial charge in [-0.05, 0) is 5.92 Å². The zero-order valence-corrected chi connectivity index (χ0v) is 8.90. The molecule has 6 heteroatoms. The molecule has 90 valence electrons. The highest BCUT2D eigenvalue weighted by Gasteiger charge is 2.31. The van der Waals surface area contributed by atoms with E-state index in [1.54, 1.807) is 0 Å². The van der Waals surface area contributed by atoms with Crippen LogP contribution in [-0.2, 0) is 4.79 Å². The van der Waals surface area contributed by atoms with Gasteiger partial charge in [-0.3, -0.25) is 10.1 Å². The minimum atomic E-state index is -4.32. The van der Waals surface area contributed by atoms with Gasteiger partial charge in [-0.15, -0.1) is 0 Å². The second kappa shape index (κ2) is 5.95. The summed E-state index contributed by atoms with van der Waals surface area (Å²) >= 11 is 0. The van der Waals surface area contributed by atoms with Gasteiger partial charge in [0.25, 0.3) is 0 Å². The van der Waals surface area contributed by atoms with Crippen molar-refractivity contribution in [1.29, 1.82) is 0 Å². The summed E-state index contributed by atoms with van der Waals surface area (Å²) in [5, 5.41) is 2.16. The number of hydrogen-bond donors (Lipinski definition) is 2. The predicted octanol–water partition coefficient (Wildman–Crippen LogP) is 1.43. The summed E-state index contributed by atoms with van der Waals surface area (Å²) in [7, 11) is 0. The number of carbonyl (C=O) groups is 1. The van der Waals surface area contributed by atoms with Gasteiger partial charge in [0.05, 0.1) is 12.6 Å². The minimum Gasteiger partial charge on any atom is -0.368 e. The molecule has 0 aromatic heterocycles. The highest BCUT2D eigenvalue weighted by atomic mass is 19.4. The van der Waals surface area contributed by atoms with Crippen molar-refractivity contribution in [3.63, 3.8) is 0 Å². The van der Waals surface area contributed by atoms with Gasteiger partial charge in [0.1, 0.15) is 0 Å². The molecule has 0 aromatic rings. The highest BCUT2D eigenvalue weighted by Crippen LogP contribution is 2.16. The van der Waals surface area contributed by atoms with E-state index in [1.165, 1.54) is 0 Å². The van der Waals surface area contributed by atoms with Crippen LogP contribution in [0.3, 0.4) is 0 Å². The van der Waals surface area contributed by atoms with E-state index in [9.17, 15) is 18.0 Å². The first-order valence-electron chi connectivity index (χ1n) is 4.91. The molecule has 0 rings (SSSR count). The molecule has 1 amide bonds. The zero-order chi connectivity index (χ0) is 12.1. The van der Waals surface area contributed by atoms with Crippen molar-refractivity contribution in [1.82, 2.24) is 5.32 Å². The van der Waals surface area contributed by atoms with Gasteiger partial charge in [0.15, 0.2) is 0 Å². The van der Waals surface area contributed by atoms with E-state index in [-0.39, 0.29) is 5.92 Å². The molecule has 0 saturated heterocycles. The monoisotopic (exact) mass is 226 g/mol. The SMILES string of the molecule is CCC(CC)C(NCC(F)(F)F)C(N)=O. The van der Waals surface area contributed by atoms with Gasteiger partial charge in [0, 0.05) is 0 Å². The van der Waals surface area contributed by atoms with Gasteiger partial charge in [-0.2, -0.15) is 13.2 Å². The molecule has 0 bridgehead atoms. The largest absolute Gasteiger partial charge is 0.401 e. The molecule has 0 spiro atoms. The minimum absolute atomic E-state index is 0.148. The van der Waals surface area contributed by atoms with Gasteiger partial charge in [0.2, 0.25) is 5.91 Å². The maximum absolute atomic E-state index is 11.9. The molecule has 1 atom stereocenters. The van der Waals surface area contributed by atoms with Crippen molar-refractivity contribution in [2.75, 3.05) is 6.54 Å². The highest BCUT2D eigenvalue weighted by molar-refractivity contribution is 5.80. The van der Waals surface area contributed by atoms with E-state index in [0.29, 0.717) is 12.8 Å². The molecule has 0 radical (unpaired) electrons. The molecule has 3 nitrogen and oxygen atoms in total. The summed E-state index contributed by atoms with van der Waals surface area (Å²) in [6.45, 7) is 2.45. The first-order chi connectivity index (χ1) is 6.81. The van der Waals surface area contributed by atoms with Crippen molar-refractivity contribution in [2.24, 2.45) is 11.7 Å². The zero-order valence-electron chi connectivity index (χ0n) is 8.90. The Labute approximate surface area is 87.2 Å². The molecular weight excluding hydrogens is 209 g/mol. The summed E-state index contributed by atoms with van der Waals surface area (Å²) in [5.74, 6) is -0.877. The second-order valence-electron chi connectivity index (χ2n) is 3.45. The molecule has 3 N–H and O–H groups in total. The average molecular weight is 226 g/mol. The quantitative estimate of drug-likeness (QED) is 0.719. The van der Waals surface area contributed by atoms with Gasteiger partial charge < -0.3 is 5.73 Å². The standard InChI is InChI=1S/C9H17F3N2O/c1-3-6(4-2)7(8(13)15)14-5-9(10,11)12/h6-7,14H,3-5H2,1-2H3,(H2,13,15). The van der Waals surface area contributed by atoms with E-state index in [2.05, 4.69) is 5.32 Å². The van der Waals surface area contributed by atoms with Crippen LogP contribution in [0.15, 0.2) is 0 Å². The fourth-order valence-corrected chi connectivity index (χ4v) is 1.49. The second-order valence-corrected chi connectivity index (χ2v) is 3.45. The summed E-state index contributed by atoms with van der Waals surface area (Å²) in [6.07, 6.45) is -3.08. The van der Waals surface area contributed by atoms with E-state index in [1.807, 2.05) is 13.8 Å². The number of nitrogens with one attached hydrogen (secondary N) is 1. The van der Waals surface area contributed by atoms with E-state index in [4.69, 9.17) is 5.73 Å². The van der Waals surface area contributed by atoms with Crippen molar-refractivity contribution in [3.8, 4) is 0 Å². The Morgan fingerprint density at radius 3 is 2.07 bits per heavy atom.